The third-order valence-corrected chi connectivity index (χ3v) is 2.71. The van der Waals surface area contributed by atoms with Crippen LogP contribution in [-0.4, -0.2) is 5.91 Å². The van der Waals surface area contributed by atoms with Crippen molar-refractivity contribution in [3.05, 3.63) is 58.1 Å². The highest BCUT2D eigenvalue weighted by atomic mass is 127. The van der Waals surface area contributed by atoms with E-state index in [0.717, 1.165) is 9.26 Å². The molecule has 2 rings (SSSR count). The first-order chi connectivity index (χ1) is 8.24. The van der Waals surface area contributed by atoms with E-state index in [4.69, 9.17) is 4.42 Å². The molecular weight excluding hydrogens is 329 g/mol. The molecule has 0 fully saturated rings. The first kappa shape index (κ1) is 11.9. The monoisotopic (exact) mass is 339 g/mol. The molecule has 0 atom stereocenters. The first-order valence-electron chi connectivity index (χ1n) is 5.02. The molecule has 4 heteroatoms. The van der Waals surface area contributed by atoms with Crippen LogP contribution in [0.5, 0.6) is 0 Å². The number of benzene rings is 1. The van der Waals surface area contributed by atoms with Crippen molar-refractivity contribution in [2.45, 2.75) is 0 Å². The molecule has 3 nitrogen and oxygen atoms in total. The second-order valence-corrected chi connectivity index (χ2v) is 4.59. The first-order valence-corrected chi connectivity index (χ1v) is 6.10. The van der Waals surface area contributed by atoms with Gasteiger partial charge in [-0.05, 0) is 59.0 Å². The zero-order valence-corrected chi connectivity index (χ0v) is 11.0. The molecule has 0 saturated heterocycles. The Morgan fingerprint density at radius 1 is 1.29 bits per heavy atom. The fourth-order valence-corrected chi connectivity index (χ4v) is 1.84. The smallest absolute Gasteiger partial charge is 0.248 e. The van der Waals surface area contributed by atoms with E-state index < -0.39 is 0 Å². The minimum atomic E-state index is -0.177. The number of carbonyl (C=O) groups is 1. The van der Waals surface area contributed by atoms with Gasteiger partial charge in [0.2, 0.25) is 5.91 Å². The van der Waals surface area contributed by atoms with Gasteiger partial charge in [-0.2, -0.15) is 0 Å². The van der Waals surface area contributed by atoms with E-state index in [1.54, 1.807) is 24.5 Å². The number of hydrogen-bond donors (Lipinski definition) is 1. The molecule has 1 aromatic carbocycles. The zero-order chi connectivity index (χ0) is 12.1. The molecule has 0 radical (unpaired) electrons. The van der Waals surface area contributed by atoms with Crippen molar-refractivity contribution < 1.29 is 9.21 Å². The Kier molecular flexibility index (Phi) is 3.98. The van der Waals surface area contributed by atoms with Crippen LogP contribution in [-0.2, 0) is 4.79 Å². The maximum atomic E-state index is 11.6. The molecule has 0 aliphatic heterocycles. The minimum Gasteiger partial charge on any atom is -0.465 e. The van der Waals surface area contributed by atoms with Gasteiger partial charge in [-0.15, -0.1) is 0 Å². The van der Waals surface area contributed by atoms with Crippen LogP contribution in [0.15, 0.2) is 53.2 Å². The van der Waals surface area contributed by atoms with Crippen LogP contribution < -0.4 is 5.32 Å². The van der Waals surface area contributed by atoms with Crippen LogP contribution in [0.3, 0.4) is 0 Å². The van der Waals surface area contributed by atoms with Crippen LogP contribution in [0.4, 0.5) is 5.69 Å². The predicted octanol–water partition coefficient (Wildman–Crippen LogP) is 3.54. The Hall–Kier alpha value is -1.56. The second kappa shape index (κ2) is 5.67. The molecule has 2 aromatic rings. The Labute approximate surface area is 113 Å². The highest BCUT2D eigenvalue weighted by Crippen LogP contribution is 2.12. The average molecular weight is 339 g/mol. The molecule has 0 saturated carbocycles. The van der Waals surface area contributed by atoms with Gasteiger partial charge in [0.1, 0.15) is 5.76 Å². The molecule has 0 aliphatic carbocycles. The van der Waals surface area contributed by atoms with Crippen LogP contribution >= 0.6 is 22.6 Å². The van der Waals surface area contributed by atoms with Crippen molar-refractivity contribution in [3.8, 4) is 0 Å². The lowest BCUT2D eigenvalue weighted by Gasteiger charge is -2.01. The van der Waals surface area contributed by atoms with Crippen molar-refractivity contribution in [3.63, 3.8) is 0 Å². The summed E-state index contributed by atoms with van der Waals surface area (Å²) in [5.41, 5.74) is 0.783. The topological polar surface area (TPSA) is 42.2 Å². The van der Waals surface area contributed by atoms with Gasteiger partial charge in [-0.3, -0.25) is 4.79 Å². The number of amides is 1. The third-order valence-electron chi connectivity index (χ3n) is 2.03. The van der Waals surface area contributed by atoms with E-state index in [2.05, 4.69) is 27.9 Å². The number of furan rings is 1. The normalized spacial score (nSPS) is 10.6. The number of halogens is 1. The van der Waals surface area contributed by atoms with Gasteiger partial charge >= 0.3 is 0 Å². The van der Waals surface area contributed by atoms with E-state index in [-0.39, 0.29) is 5.91 Å². The van der Waals surface area contributed by atoms with Gasteiger partial charge in [0.25, 0.3) is 0 Å². The number of rotatable bonds is 3. The molecule has 0 bridgehead atoms. The Morgan fingerprint density at radius 3 is 2.88 bits per heavy atom. The number of anilines is 1. The van der Waals surface area contributed by atoms with Crippen molar-refractivity contribution in [2.24, 2.45) is 0 Å². The van der Waals surface area contributed by atoms with Gasteiger partial charge in [0.15, 0.2) is 0 Å². The fourth-order valence-electron chi connectivity index (χ4n) is 1.29. The summed E-state index contributed by atoms with van der Waals surface area (Å²) in [7, 11) is 0. The number of carbonyl (C=O) groups excluding carboxylic acids is 1. The SMILES string of the molecule is O=C(C=Cc1ccco1)Nc1cccc(I)c1. The van der Waals surface area contributed by atoms with Gasteiger partial charge in [0.05, 0.1) is 6.26 Å². The quantitative estimate of drug-likeness (QED) is 0.687. The summed E-state index contributed by atoms with van der Waals surface area (Å²) < 4.78 is 6.16. The van der Waals surface area contributed by atoms with Gasteiger partial charge < -0.3 is 9.73 Å². The van der Waals surface area contributed by atoms with E-state index in [9.17, 15) is 4.79 Å². The fraction of sp³-hybridized carbons (Fsp3) is 0. The Morgan fingerprint density at radius 2 is 2.18 bits per heavy atom. The lowest BCUT2D eigenvalue weighted by Crippen LogP contribution is -2.07. The van der Waals surface area contributed by atoms with Gasteiger partial charge in [-0.1, -0.05) is 6.07 Å². The van der Waals surface area contributed by atoms with Crippen LogP contribution in [0.1, 0.15) is 5.76 Å². The van der Waals surface area contributed by atoms with E-state index >= 15 is 0 Å². The molecule has 1 heterocycles. The highest BCUT2D eigenvalue weighted by molar-refractivity contribution is 14.1. The molecule has 0 aliphatic rings. The number of hydrogen-bond acceptors (Lipinski definition) is 2. The zero-order valence-electron chi connectivity index (χ0n) is 8.89. The van der Waals surface area contributed by atoms with Crippen LogP contribution in [0.2, 0.25) is 0 Å². The second-order valence-electron chi connectivity index (χ2n) is 3.35. The van der Waals surface area contributed by atoms with Gasteiger partial charge in [-0.25, -0.2) is 0 Å². The largest absolute Gasteiger partial charge is 0.465 e. The third kappa shape index (κ3) is 3.74. The molecule has 1 N–H and O–H groups in total. The van der Waals surface area contributed by atoms with Crippen LogP contribution in [0.25, 0.3) is 6.08 Å². The summed E-state index contributed by atoms with van der Waals surface area (Å²) in [6.45, 7) is 0. The Balaban J connectivity index is 1.98. The summed E-state index contributed by atoms with van der Waals surface area (Å²) in [5, 5.41) is 2.77. The molecule has 0 spiro atoms. The van der Waals surface area contributed by atoms with Crippen molar-refractivity contribution in [1.29, 1.82) is 0 Å². The summed E-state index contributed by atoms with van der Waals surface area (Å²) >= 11 is 2.20. The molecule has 1 amide bonds. The maximum Gasteiger partial charge on any atom is 0.248 e. The molecule has 1 aromatic heterocycles. The van der Waals surface area contributed by atoms with E-state index in [1.807, 2.05) is 24.3 Å². The van der Waals surface area contributed by atoms with Gasteiger partial charge in [0, 0.05) is 15.3 Å². The summed E-state index contributed by atoms with van der Waals surface area (Å²) in [4.78, 5) is 11.6. The summed E-state index contributed by atoms with van der Waals surface area (Å²) in [5.74, 6) is 0.478. The average Bonchev–Trinajstić information content (AvgIpc) is 2.79. The summed E-state index contributed by atoms with van der Waals surface area (Å²) in [6.07, 6.45) is 4.64. The molecule has 17 heavy (non-hydrogen) atoms. The Bertz CT molecular complexity index is 532. The van der Waals surface area contributed by atoms with Crippen molar-refractivity contribution >= 4 is 40.3 Å². The minimum absolute atomic E-state index is 0.177. The molecule has 0 unspecified atom stereocenters. The number of nitrogens with one attached hydrogen (secondary N) is 1. The summed E-state index contributed by atoms with van der Waals surface area (Å²) in [6, 6.07) is 11.2. The van der Waals surface area contributed by atoms with Crippen molar-refractivity contribution in [1.82, 2.24) is 0 Å². The lowest BCUT2D eigenvalue weighted by atomic mass is 10.3. The standard InChI is InChI=1S/C13H10INO2/c14-10-3-1-4-11(9-10)15-13(16)7-6-12-5-2-8-17-12/h1-9H,(H,15,16). The van der Waals surface area contributed by atoms with E-state index in [0.29, 0.717) is 5.76 Å². The maximum absolute atomic E-state index is 11.6. The highest BCUT2D eigenvalue weighted by Gasteiger charge is 1.98. The molecular formula is C13H10INO2. The van der Waals surface area contributed by atoms with E-state index in [1.165, 1.54) is 6.08 Å². The lowest BCUT2D eigenvalue weighted by molar-refractivity contribution is -0.111. The molecule has 86 valence electrons. The van der Waals surface area contributed by atoms with Crippen LogP contribution in [0, 0.1) is 3.57 Å². The predicted molar refractivity (Wildman–Crippen MR) is 75.5 cm³/mol. The van der Waals surface area contributed by atoms with Crippen molar-refractivity contribution in [2.75, 3.05) is 5.32 Å².